The fourth-order valence-corrected chi connectivity index (χ4v) is 2.97. The molecule has 2 aromatic carbocycles. The van der Waals surface area contributed by atoms with E-state index in [1.165, 1.54) is 23.9 Å². The number of amides is 1. The van der Waals surface area contributed by atoms with E-state index >= 15 is 0 Å². The molecule has 6 nitrogen and oxygen atoms in total. The lowest BCUT2D eigenvalue weighted by molar-refractivity contribution is -0.384. The Kier molecular flexibility index (Phi) is 7.34. The van der Waals surface area contributed by atoms with Crippen LogP contribution >= 0.6 is 11.8 Å². The fraction of sp³-hybridized carbons (Fsp3) is 0.235. The van der Waals surface area contributed by atoms with Crippen molar-refractivity contribution in [1.82, 2.24) is 5.32 Å². The summed E-state index contributed by atoms with van der Waals surface area (Å²) in [5.41, 5.74) is 0.363. The number of hydrogen-bond acceptors (Lipinski definition) is 5. The zero-order valence-corrected chi connectivity index (χ0v) is 14.5. The van der Waals surface area contributed by atoms with Crippen LogP contribution in [0.1, 0.15) is 6.42 Å². The number of thioether (sulfide) groups is 1. The maximum atomic E-state index is 13.1. The van der Waals surface area contributed by atoms with Crippen molar-refractivity contribution in [3.05, 3.63) is 64.2 Å². The van der Waals surface area contributed by atoms with Crippen LogP contribution in [0.5, 0.6) is 0 Å². The predicted octanol–water partition coefficient (Wildman–Crippen LogP) is 3.58. The largest absolute Gasteiger partial charge is 0.378 e. The standard InChI is InChI=1S/C17H17F2N3O3S/c18-13-6-5-12(11-14(13)19)26-10-7-17(23)21-9-8-20-15-3-1-2-4-16(15)22(24)25/h1-6,11,20H,7-10H2,(H,21,23). The number of benzene rings is 2. The number of hydrogen-bond donors (Lipinski definition) is 2. The Morgan fingerprint density at radius 3 is 2.62 bits per heavy atom. The molecule has 138 valence electrons. The van der Waals surface area contributed by atoms with Gasteiger partial charge in [-0.2, -0.15) is 0 Å². The lowest BCUT2D eigenvalue weighted by atomic mass is 10.2. The number of carbonyl (C=O) groups is 1. The SMILES string of the molecule is O=C(CCSc1ccc(F)c(F)c1)NCCNc1ccccc1[N+](=O)[O-]. The highest BCUT2D eigenvalue weighted by atomic mass is 32.2. The average Bonchev–Trinajstić information content (AvgIpc) is 2.62. The second-order valence-electron chi connectivity index (χ2n) is 5.23. The maximum Gasteiger partial charge on any atom is 0.292 e. The average molecular weight is 381 g/mol. The van der Waals surface area contributed by atoms with Gasteiger partial charge in [0.2, 0.25) is 5.91 Å². The summed E-state index contributed by atoms with van der Waals surface area (Å²) in [5, 5.41) is 16.5. The number of nitrogens with one attached hydrogen (secondary N) is 2. The molecule has 0 spiro atoms. The van der Waals surface area contributed by atoms with Crippen molar-refractivity contribution in [3.63, 3.8) is 0 Å². The molecular weight excluding hydrogens is 364 g/mol. The van der Waals surface area contributed by atoms with Crippen LogP contribution in [0, 0.1) is 21.7 Å². The Morgan fingerprint density at radius 2 is 1.88 bits per heavy atom. The van der Waals surface area contributed by atoms with Gasteiger partial charge >= 0.3 is 0 Å². The molecule has 2 N–H and O–H groups in total. The predicted molar refractivity (Wildman–Crippen MR) is 96.3 cm³/mol. The van der Waals surface area contributed by atoms with Crippen LogP contribution in [0.3, 0.4) is 0 Å². The molecule has 0 bridgehead atoms. The molecule has 0 atom stereocenters. The number of nitro benzene ring substituents is 1. The first kappa shape index (κ1) is 19.6. The summed E-state index contributed by atoms with van der Waals surface area (Å²) in [6.45, 7) is 0.646. The Labute approximate surface area is 153 Å². The second kappa shape index (κ2) is 9.71. The van der Waals surface area contributed by atoms with E-state index in [0.29, 0.717) is 29.4 Å². The molecule has 0 aliphatic rings. The summed E-state index contributed by atoms with van der Waals surface area (Å²) in [6.07, 6.45) is 0.217. The number of anilines is 1. The van der Waals surface area contributed by atoms with Crippen LogP contribution in [0.15, 0.2) is 47.4 Å². The third-order valence-electron chi connectivity index (χ3n) is 3.35. The minimum atomic E-state index is -0.916. The van der Waals surface area contributed by atoms with Gasteiger partial charge in [0.1, 0.15) is 5.69 Å². The monoisotopic (exact) mass is 381 g/mol. The molecule has 26 heavy (non-hydrogen) atoms. The van der Waals surface area contributed by atoms with Gasteiger partial charge in [0.15, 0.2) is 11.6 Å². The van der Waals surface area contributed by atoms with E-state index in [2.05, 4.69) is 10.6 Å². The van der Waals surface area contributed by atoms with Gasteiger partial charge < -0.3 is 10.6 Å². The van der Waals surface area contributed by atoms with Crippen molar-refractivity contribution in [2.75, 3.05) is 24.2 Å². The number of nitro groups is 1. The third kappa shape index (κ3) is 5.99. The zero-order valence-electron chi connectivity index (χ0n) is 13.7. The van der Waals surface area contributed by atoms with Crippen LogP contribution in [-0.4, -0.2) is 29.7 Å². The summed E-state index contributed by atoms with van der Waals surface area (Å²) < 4.78 is 25.9. The summed E-state index contributed by atoms with van der Waals surface area (Å²) in [7, 11) is 0. The quantitative estimate of drug-likeness (QED) is 0.300. The first-order chi connectivity index (χ1) is 12.5. The van der Waals surface area contributed by atoms with Crippen LogP contribution in [0.25, 0.3) is 0 Å². The van der Waals surface area contributed by atoms with Gasteiger partial charge in [-0.1, -0.05) is 12.1 Å². The molecule has 0 radical (unpaired) electrons. The molecule has 0 aliphatic heterocycles. The van der Waals surface area contributed by atoms with E-state index in [9.17, 15) is 23.7 Å². The van der Waals surface area contributed by atoms with Crippen molar-refractivity contribution in [2.45, 2.75) is 11.3 Å². The Balaban J connectivity index is 1.66. The smallest absolute Gasteiger partial charge is 0.292 e. The van der Waals surface area contributed by atoms with Crippen LogP contribution in [-0.2, 0) is 4.79 Å². The van der Waals surface area contributed by atoms with Crippen LogP contribution in [0.2, 0.25) is 0 Å². The highest BCUT2D eigenvalue weighted by Gasteiger charge is 2.11. The minimum absolute atomic E-state index is 0.0262. The van der Waals surface area contributed by atoms with Crippen molar-refractivity contribution in [3.8, 4) is 0 Å². The van der Waals surface area contributed by atoms with Crippen LogP contribution in [0.4, 0.5) is 20.2 Å². The second-order valence-corrected chi connectivity index (χ2v) is 6.39. The number of rotatable bonds is 9. The van der Waals surface area contributed by atoms with Gasteiger partial charge in [-0.3, -0.25) is 14.9 Å². The van der Waals surface area contributed by atoms with Crippen molar-refractivity contribution >= 4 is 29.0 Å². The molecule has 0 saturated heterocycles. The Hall–Kier alpha value is -2.68. The highest BCUT2D eigenvalue weighted by Crippen LogP contribution is 2.23. The van der Waals surface area contributed by atoms with Crippen molar-refractivity contribution in [1.29, 1.82) is 0 Å². The number of halogens is 2. The topological polar surface area (TPSA) is 84.3 Å². The molecule has 2 aromatic rings. The van der Waals surface area contributed by atoms with Gasteiger partial charge in [0.05, 0.1) is 4.92 Å². The summed E-state index contributed by atoms with van der Waals surface area (Å²) in [6, 6.07) is 9.85. The molecule has 0 saturated carbocycles. The lowest BCUT2D eigenvalue weighted by Crippen LogP contribution is -2.29. The fourth-order valence-electron chi connectivity index (χ4n) is 2.10. The summed E-state index contributed by atoms with van der Waals surface area (Å²) in [4.78, 5) is 22.7. The van der Waals surface area contributed by atoms with Gasteiger partial charge in [0.25, 0.3) is 5.69 Å². The minimum Gasteiger partial charge on any atom is -0.378 e. The lowest BCUT2D eigenvalue weighted by Gasteiger charge is -2.08. The van der Waals surface area contributed by atoms with E-state index < -0.39 is 16.6 Å². The van der Waals surface area contributed by atoms with Crippen molar-refractivity contribution < 1.29 is 18.5 Å². The first-order valence-corrected chi connectivity index (χ1v) is 8.78. The normalized spacial score (nSPS) is 10.4. The van der Waals surface area contributed by atoms with E-state index in [0.717, 1.165) is 12.1 Å². The van der Waals surface area contributed by atoms with Gasteiger partial charge in [-0.15, -0.1) is 11.8 Å². The molecule has 0 unspecified atom stereocenters. The third-order valence-corrected chi connectivity index (χ3v) is 4.35. The molecule has 0 heterocycles. The van der Waals surface area contributed by atoms with Gasteiger partial charge in [-0.05, 0) is 24.3 Å². The molecule has 2 rings (SSSR count). The highest BCUT2D eigenvalue weighted by molar-refractivity contribution is 7.99. The molecular formula is C17H17F2N3O3S. The number of para-hydroxylation sites is 2. The Morgan fingerprint density at radius 1 is 1.12 bits per heavy atom. The molecule has 0 aliphatic carbocycles. The summed E-state index contributed by atoms with van der Waals surface area (Å²) in [5.74, 6) is -1.59. The van der Waals surface area contributed by atoms with Crippen molar-refractivity contribution in [2.24, 2.45) is 0 Å². The molecule has 0 aromatic heterocycles. The Bertz CT molecular complexity index is 790. The number of carbonyl (C=O) groups excluding carboxylic acids is 1. The maximum absolute atomic E-state index is 13.1. The summed E-state index contributed by atoms with van der Waals surface area (Å²) >= 11 is 1.25. The van der Waals surface area contributed by atoms with E-state index in [4.69, 9.17) is 0 Å². The van der Waals surface area contributed by atoms with E-state index in [1.807, 2.05) is 0 Å². The van der Waals surface area contributed by atoms with Gasteiger partial charge in [0, 0.05) is 36.2 Å². The van der Waals surface area contributed by atoms with E-state index in [-0.39, 0.29) is 18.0 Å². The first-order valence-electron chi connectivity index (χ1n) is 7.79. The van der Waals surface area contributed by atoms with Crippen LogP contribution < -0.4 is 10.6 Å². The molecule has 9 heteroatoms. The molecule has 1 amide bonds. The molecule has 0 fully saturated rings. The zero-order chi connectivity index (χ0) is 18.9. The number of nitrogens with zero attached hydrogens (tertiary/aromatic N) is 1. The van der Waals surface area contributed by atoms with Gasteiger partial charge in [-0.25, -0.2) is 8.78 Å². The van der Waals surface area contributed by atoms with E-state index in [1.54, 1.807) is 18.2 Å².